The molecule has 0 aromatic heterocycles. The minimum atomic E-state index is -0.738. The van der Waals surface area contributed by atoms with Crippen LogP contribution in [0.3, 0.4) is 0 Å². The molecule has 3 nitrogen and oxygen atoms in total. The van der Waals surface area contributed by atoms with Crippen molar-refractivity contribution in [3.05, 3.63) is 29.8 Å². The third kappa shape index (κ3) is 4.67. The van der Waals surface area contributed by atoms with Crippen LogP contribution in [-0.4, -0.2) is 28.5 Å². The van der Waals surface area contributed by atoms with Crippen molar-refractivity contribution < 1.29 is 14.9 Å². The zero-order chi connectivity index (χ0) is 13.6. The van der Waals surface area contributed by atoms with Crippen LogP contribution >= 0.6 is 0 Å². The lowest BCUT2D eigenvalue weighted by Gasteiger charge is -2.25. The number of aliphatic hydroxyl groups is 2. The van der Waals surface area contributed by atoms with Gasteiger partial charge in [-0.25, -0.2) is 0 Å². The molecule has 0 saturated heterocycles. The first-order valence-corrected chi connectivity index (χ1v) is 6.61. The zero-order valence-corrected chi connectivity index (χ0v) is 11.5. The van der Waals surface area contributed by atoms with Crippen molar-refractivity contribution >= 4 is 0 Å². The Bertz CT molecular complexity index is 339. The van der Waals surface area contributed by atoms with Crippen molar-refractivity contribution in [1.29, 1.82) is 0 Å². The van der Waals surface area contributed by atoms with Gasteiger partial charge in [-0.1, -0.05) is 26.0 Å². The van der Waals surface area contributed by atoms with Crippen molar-refractivity contribution in [2.75, 3.05) is 6.61 Å². The maximum atomic E-state index is 10.1. The molecule has 1 rings (SSSR count). The molecule has 0 aliphatic carbocycles. The van der Waals surface area contributed by atoms with Crippen LogP contribution in [0.2, 0.25) is 0 Å². The number of benzene rings is 1. The van der Waals surface area contributed by atoms with Crippen LogP contribution in [0, 0.1) is 0 Å². The van der Waals surface area contributed by atoms with E-state index in [1.807, 2.05) is 38.1 Å². The molecular formula is C15H24O3. The summed E-state index contributed by atoms with van der Waals surface area (Å²) >= 11 is 0. The Kier molecular flexibility index (Phi) is 5.63. The van der Waals surface area contributed by atoms with E-state index in [9.17, 15) is 10.2 Å². The summed E-state index contributed by atoms with van der Waals surface area (Å²) in [7, 11) is 0. The molecular weight excluding hydrogens is 228 g/mol. The van der Waals surface area contributed by atoms with E-state index in [4.69, 9.17) is 4.74 Å². The van der Waals surface area contributed by atoms with Gasteiger partial charge in [0.25, 0.3) is 0 Å². The molecule has 0 spiro atoms. The molecule has 0 bridgehead atoms. The molecule has 1 aromatic carbocycles. The lowest BCUT2D eigenvalue weighted by Crippen LogP contribution is -2.34. The second kappa shape index (κ2) is 6.76. The van der Waals surface area contributed by atoms with Crippen molar-refractivity contribution in [2.24, 2.45) is 0 Å². The Morgan fingerprint density at radius 1 is 1.17 bits per heavy atom. The predicted octanol–water partition coefficient (Wildman–Crippen LogP) is 2.54. The van der Waals surface area contributed by atoms with E-state index in [0.717, 1.165) is 11.3 Å². The highest BCUT2D eigenvalue weighted by molar-refractivity contribution is 5.27. The Labute approximate surface area is 109 Å². The molecule has 1 atom stereocenters. The molecule has 0 heterocycles. The smallest absolute Gasteiger partial charge is 0.119 e. The Morgan fingerprint density at radius 3 is 2.17 bits per heavy atom. The highest BCUT2D eigenvalue weighted by Gasteiger charge is 2.22. The van der Waals surface area contributed by atoms with Gasteiger partial charge in [0.1, 0.15) is 12.4 Å². The van der Waals surface area contributed by atoms with Gasteiger partial charge in [-0.05, 0) is 43.9 Å². The first-order valence-electron chi connectivity index (χ1n) is 6.61. The molecule has 0 aliphatic heterocycles. The van der Waals surface area contributed by atoms with Crippen molar-refractivity contribution in [3.8, 4) is 5.75 Å². The van der Waals surface area contributed by atoms with Crippen LogP contribution in [0.4, 0.5) is 0 Å². The van der Waals surface area contributed by atoms with Crippen LogP contribution in [-0.2, 0) is 6.42 Å². The fourth-order valence-electron chi connectivity index (χ4n) is 1.73. The minimum Gasteiger partial charge on any atom is -0.491 e. The average Bonchev–Trinajstić information content (AvgIpc) is 2.37. The summed E-state index contributed by atoms with van der Waals surface area (Å²) in [5.74, 6) is 0.754. The van der Waals surface area contributed by atoms with Gasteiger partial charge in [0.05, 0.1) is 11.7 Å². The molecule has 0 amide bonds. The summed E-state index contributed by atoms with van der Waals surface area (Å²) in [4.78, 5) is 0. The van der Waals surface area contributed by atoms with Crippen LogP contribution in [0.5, 0.6) is 5.75 Å². The van der Waals surface area contributed by atoms with E-state index < -0.39 is 5.60 Å². The van der Waals surface area contributed by atoms with Crippen molar-refractivity contribution in [1.82, 2.24) is 0 Å². The largest absolute Gasteiger partial charge is 0.491 e. The molecule has 0 radical (unpaired) electrons. The van der Waals surface area contributed by atoms with Gasteiger partial charge in [0.15, 0.2) is 0 Å². The normalized spacial score (nSPS) is 13.4. The van der Waals surface area contributed by atoms with Gasteiger partial charge in [-0.15, -0.1) is 0 Å². The van der Waals surface area contributed by atoms with Crippen LogP contribution < -0.4 is 4.74 Å². The number of hydrogen-bond donors (Lipinski definition) is 2. The summed E-state index contributed by atoms with van der Waals surface area (Å²) in [6, 6.07) is 7.64. The molecule has 1 aromatic rings. The molecule has 0 fully saturated rings. The van der Waals surface area contributed by atoms with E-state index in [0.29, 0.717) is 25.9 Å². The van der Waals surface area contributed by atoms with Gasteiger partial charge in [0, 0.05) is 0 Å². The first-order chi connectivity index (χ1) is 8.49. The summed E-state index contributed by atoms with van der Waals surface area (Å²) in [6.07, 6.45) is 1.68. The second-order valence-corrected chi connectivity index (χ2v) is 4.92. The van der Waals surface area contributed by atoms with Crippen LogP contribution in [0.25, 0.3) is 0 Å². The lowest BCUT2D eigenvalue weighted by molar-refractivity contribution is -0.0113. The molecule has 0 saturated carbocycles. The quantitative estimate of drug-likeness (QED) is 0.784. The van der Waals surface area contributed by atoms with Crippen LogP contribution in [0.15, 0.2) is 24.3 Å². The number of aliphatic hydroxyl groups excluding tert-OH is 1. The third-order valence-electron chi connectivity index (χ3n) is 3.28. The monoisotopic (exact) mass is 252 g/mol. The van der Waals surface area contributed by atoms with E-state index >= 15 is 0 Å². The van der Waals surface area contributed by atoms with Crippen molar-refractivity contribution in [2.45, 2.75) is 51.7 Å². The fourth-order valence-corrected chi connectivity index (χ4v) is 1.73. The molecule has 0 aliphatic rings. The molecule has 2 N–H and O–H groups in total. The van der Waals surface area contributed by atoms with Crippen LogP contribution in [0.1, 0.15) is 39.2 Å². The first kappa shape index (κ1) is 15.0. The maximum Gasteiger partial charge on any atom is 0.119 e. The maximum absolute atomic E-state index is 10.1. The average molecular weight is 252 g/mol. The van der Waals surface area contributed by atoms with E-state index in [2.05, 4.69) is 0 Å². The Morgan fingerprint density at radius 2 is 1.72 bits per heavy atom. The third-order valence-corrected chi connectivity index (χ3v) is 3.28. The number of hydrogen-bond acceptors (Lipinski definition) is 3. The van der Waals surface area contributed by atoms with E-state index in [1.54, 1.807) is 6.92 Å². The molecule has 1 unspecified atom stereocenters. The Hall–Kier alpha value is -1.06. The second-order valence-electron chi connectivity index (χ2n) is 4.92. The SMILES string of the molecule is CCC(O)(CC)COc1ccc(CC(C)O)cc1. The van der Waals surface area contributed by atoms with E-state index in [1.165, 1.54) is 0 Å². The predicted molar refractivity (Wildman–Crippen MR) is 72.9 cm³/mol. The molecule has 3 heteroatoms. The molecule has 18 heavy (non-hydrogen) atoms. The summed E-state index contributed by atoms with van der Waals surface area (Å²) < 4.78 is 5.60. The van der Waals surface area contributed by atoms with Gasteiger partial charge in [-0.2, -0.15) is 0 Å². The summed E-state index contributed by atoms with van der Waals surface area (Å²) in [5, 5.41) is 19.4. The van der Waals surface area contributed by atoms with Gasteiger partial charge in [0.2, 0.25) is 0 Å². The zero-order valence-electron chi connectivity index (χ0n) is 11.5. The Balaban J connectivity index is 2.53. The summed E-state index contributed by atoms with van der Waals surface area (Å²) in [6.45, 7) is 6.00. The van der Waals surface area contributed by atoms with Crippen molar-refractivity contribution in [3.63, 3.8) is 0 Å². The highest BCUT2D eigenvalue weighted by Crippen LogP contribution is 2.19. The van der Waals surface area contributed by atoms with Gasteiger partial charge in [-0.3, -0.25) is 0 Å². The minimum absolute atomic E-state index is 0.315. The number of rotatable bonds is 7. The number of ether oxygens (including phenoxy) is 1. The fraction of sp³-hybridized carbons (Fsp3) is 0.600. The highest BCUT2D eigenvalue weighted by atomic mass is 16.5. The molecule has 102 valence electrons. The standard InChI is InChI=1S/C15H24O3/c1-4-15(17,5-2)11-18-14-8-6-13(7-9-14)10-12(3)16/h6-9,12,16-17H,4-5,10-11H2,1-3H3. The van der Waals surface area contributed by atoms with Gasteiger partial charge < -0.3 is 14.9 Å². The van der Waals surface area contributed by atoms with E-state index in [-0.39, 0.29) is 6.10 Å². The summed E-state index contributed by atoms with van der Waals surface area (Å²) in [5.41, 5.74) is 0.344. The lowest BCUT2D eigenvalue weighted by atomic mass is 9.99. The topological polar surface area (TPSA) is 49.7 Å². The van der Waals surface area contributed by atoms with Gasteiger partial charge >= 0.3 is 0 Å².